The van der Waals surface area contributed by atoms with Gasteiger partial charge in [-0.1, -0.05) is 58.3 Å². The number of amides is 1. The number of carbonyl (C=O) groups is 3. The van der Waals surface area contributed by atoms with Crippen LogP contribution in [0.1, 0.15) is 78.1 Å². The molecule has 1 aliphatic rings. The third kappa shape index (κ3) is 11.2. The van der Waals surface area contributed by atoms with Crippen LogP contribution in [0.5, 0.6) is 0 Å². The van der Waals surface area contributed by atoms with E-state index in [-0.39, 0.29) is 13.0 Å². The van der Waals surface area contributed by atoms with Crippen molar-refractivity contribution in [3.8, 4) is 0 Å². The van der Waals surface area contributed by atoms with Gasteiger partial charge in [-0.25, -0.2) is 4.79 Å². The van der Waals surface area contributed by atoms with Crippen LogP contribution >= 0.6 is 0 Å². The fourth-order valence-electron chi connectivity index (χ4n) is 4.15. The van der Waals surface area contributed by atoms with Gasteiger partial charge in [0.05, 0.1) is 6.04 Å². The summed E-state index contributed by atoms with van der Waals surface area (Å²) in [5, 5.41) is 30.3. The van der Waals surface area contributed by atoms with Crippen LogP contribution in [0.15, 0.2) is 11.8 Å². The molecule has 4 N–H and O–H groups in total. The number of rotatable bonds is 18. The minimum absolute atomic E-state index is 0.246. The van der Waals surface area contributed by atoms with Crippen molar-refractivity contribution in [2.24, 2.45) is 5.92 Å². The molecular weight excluding hydrogens is 456 g/mol. The Bertz CT molecular complexity index is 712. The van der Waals surface area contributed by atoms with Crippen LogP contribution in [0, 0.1) is 11.3 Å². The molecule has 200 valence electrons. The molecule has 0 spiro atoms. The number of unbranched alkanes of at least 4 members (excludes halogenated alkanes) is 8. The zero-order valence-electron chi connectivity index (χ0n) is 21.2. The van der Waals surface area contributed by atoms with E-state index < -0.39 is 53.9 Å². The van der Waals surface area contributed by atoms with Crippen molar-refractivity contribution in [1.29, 1.82) is 5.41 Å². The second-order valence-corrected chi connectivity index (χ2v) is 8.92. The van der Waals surface area contributed by atoms with Gasteiger partial charge in [-0.2, -0.15) is 0 Å². The number of ether oxygens (including phenoxy) is 3. The lowest BCUT2D eigenvalue weighted by atomic mass is 9.87. The molecule has 0 aromatic heterocycles. The molecule has 1 amide bonds. The second kappa shape index (κ2) is 17.0. The summed E-state index contributed by atoms with van der Waals surface area (Å²) >= 11 is 0. The van der Waals surface area contributed by atoms with Crippen molar-refractivity contribution < 1.29 is 38.8 Å². The molecule has 0 aromatic rings. The third-order valence-corrected chi connectivity index (χ3v) is 6.02. The smallest absolute Gasteiger partial charge is 0.370 e. The molecule has 1 heterocycles. The van der Waals surface area contributed by atoms with Crippen molar-refractivity contribution in [3.05, 3.63) is 11.8 Å². The van der Waals surface area contributed by atoms with Crippen LogP contribution in [0.4, 0.5) is 0 Å². The number of carbonyl (C=O) groups excluding carboxylic acids is 2. The predicted octanol–water partition coefficient (Wildman–Crippen LogP) is 2.96. The number of carboxylic acid groups (broad SMARTS) is 1. The van der Waals surface area contributed by atoms with Gasteiger partial charge in [0.15, 0.2) is 0 Å². The highest BCUT2D eigenvalue weighted by molar-refractivity contribution is 5.86. The number of carboxylic acids is 1. The van der Waals surface area contributed by atoms with E-state index in [1.165, 1.54) is 52.2 Å². The van der Waals surface area contributed by atoms with E-state index in [1.807, 2.05) is 0 Å². The number of aliphatic hydroxyl groups excluding tert-OH is 1. The molecule has 10 nitrogen and oxygen atoms in total. The van der Waals surface area contributed by atoms with Crippen molar-refractivity contribution in [3.63, 3.8) is 0 Å². The largest absolute Gasteiger partial charge is 0.478 e. The molecule has 0 saturated heterocycles. The minimum atomic E-state index is -1.35. The monoisotopic (exact) mass is 498 g/mol. The van der Waals surface area contributed by atoms with E-state index in [9.17, 15) is 24.6 Å². The maximum absolute atomic E-state index is 12.1. The SMILES string of the molecule is CCCCCCCCCCCC(=O)OCC(O)C(OC)C1OC(C(=O)O)=CC(C=N)C1NC(C)=O. The Hall–Kier alpha value is -2.46. The zero-order chi connectivity index (χ0) is 26.2. The quantitative estimate of drug-likeness (QED) is 0.128. The second-order valence-electron chi connectivity index (χ2n) is 8.92. The molecule has 0 radical (unpaired) electrons. The summed E-state index contributed by atoms with van der Waals surface area (Å²) in [5.41, 5.74) is 0. The summed E-state index contributed by atoms with van der Waals surface area (Å²) in [6, 6.07) is -0.856. The number of hydrogen-bond donors (Lipinski definition) is 4. The first kappa shape index (κ1) is 30.6. The molecule has 5 unspecified atom stereocenters. The first-order chi connectivity index (χ1) is 16.7. The average Bonchev–Trinajstić information content (AvgIpc) is 2.82. The van der Waals surface area contributed by atoms with Gasteiger partial charge in [0.25, 0.3) is 0 Å². The molecule has 0 aromatic carbocycles. The standard InChI is InChI=1S/C25H42N2O8/c1-4-5-6-7-8-9-10-11-12-13-21(30)34-16-19(29)23(33-3)24-22(27-17(2)28)18(15-26)14-20(35-24)25(31)32/h14-15,18-19,22-24,26,29H,4-13,16H2,1-3H3,(H,27,28)(H,31,32). The molecule has 1 aliphatic heterocycles. The van der Waals surface area contributed by atoms with Crippen LogP contribution < -0.4 is 5.32 Å². The van der Waals surface area contributed by atoms with Gasteiger partial charge in [0, 0.05) is 32.6 Å². The summed E-state index contributed by atoms with van der Waals surface area (Å²) in [5.74, 6) is -3.41. The number of methoxy groups -OCH3 is 1. The number of aliphatic carboxylic acids is 1. The number of esters is 1. The van der Waals surface area contributed by atoms with Gasteiger partial charge in [0.1, 0.15) is 24.9 Å². The van der Waals surface area contributed by atoms with Gasteiger partial charge in [-0.15, -0.1) is 0 Å². The first-order valence-corrected chi connectivity index (χ1v) is 12.5. The first-order valence-electron chi connectivity index (χ1n) is 12.5. The van der Waals surface area contributed by atoms with E-state index in [1.54, 1.807) is 0 Å². The van der Waals surface area contributed by atoms with Crippen molar-refractivity contribution in [2.75, 3.05) is 13.7 Å². The van der Waals surface area contributed by atoms with Gasteiger partial charge in [0.2, 0.25) is 11.7 Å². The Morgan fingerprint density at radius 1 is 1.14 bits per heavy atom. The van der Waals surface area contributed by atoms with Gasteiger partial charge in [-0.05, 0) is 12.5 Å². The fraction of sp³-hybridized carbons (Fsp3) is 0.760. The maximum Gasteiger partial charge on any atom is 0.370 e. The van der Waals surface area contributed by atoms with E-state index in [2.05, 4.69) is 12.2 Å². The number of aliphatic hydroxyl groups is 1. The van der Waals surface area contributed by atoms with Gasteiger partial charge < -0.3 is 35.1 Å². The van der Waals surface area contributed by atoms with Crippen LogP contribution in [0.2, 0.25) is 0 Å². The molecule has 5 atom stereocenters. The maximum atomic E-state index is 12.1. The van der Waals surface area contributed by atoms with Gasteiger partial charge >= 0.3 is 11.9 Å². The predicted molar refractivity (Wildman–Crippen MR) is 130 cm³/mol. The lowest BCUT2D eigenvalue weighted by Crippen LogP contribution is -2.59. The summed E-state index contributed by atoms with van der Waals surface area (Å²) in [4.78, 5) is 35.3. The third-order valence-electron chi connectivity index (χ3n) is 6.02. The number of nitrogens with one attached hydrogen (secondary N) is 2. The molecule has 0 bridgehead atoms. The Morgan fingerprint density at radius 3 is 2.26 bits per heavy atom. The molecule has 0 saturated carbocycles. The Kier molecular flexibility index (Phi) is 14.9. The Labute approximate surface area is 207 Å². The molecule has 35 heavy (non-hydrogen) atoms. The topological polar surface area (TPSA) is 155 Å². The molecular formula is C25H42N2O8. The fourth-order valence-corrected chi connectivity index (χ4v) is 4.15. The summed E-state index contributed by atoms with van der Waals surface area (Å²) in [6.45, 7) is 3.10. The van der Waals surface area contributed by atoms with Crippen molar-refractivity contribution >= 4 is 24.1 Å². The van der Waals surface area contributed by atoms with Crippen LogP contribution in [-0.4, -0.2) is 72.3 Å². The van der Waals surface area contributed by atoms with Crippen LogP contribution in [-0.2, 0) is 28.6 Å². The molecule has 0 fully saturated rings. The van der Waals surface area contributed by atoms with E-state index in [0.717, 1.165) is 25.5 Å². The van der Waals surface area contributed by atoms with E-state index in [4.69, 9.17) is 19.6 Å². The summed E-state index contributed by atoms with van der Waals surface area (Å²) in [7, 11) is 1.30. The highest BCUT2D eigenvalue weighted by Crippen LogP contribution is 2.27. The Morgan fingerprint density at radius 2 is 1.74 bits per heavy atom. The Balaban J connectivity index is 2.57. The normalized spacial score (nSPS) is 21.3. The summed E-state index contributed by atoms with van der Waals surface area (Å²) < 4.78 is 16.1. The average molecular weight is 499 g/mol. The van der Waals surface area contributed by atoms with Crippen LogP contribution in [0.3, 0.4) is 0 Å². The van der Waals surface area contributed by atoms with Crippen molar-refractivity contribution in [2.45, 2.75) is 102 Å². The lowest BCUT2D eigenvalue weighted by molar-refractivity contribution is -0.159. The van der Waals surface area contributed by atoms with Crippen molar-refractivity contribution in [1.82, 2.24) is 5.32 Å². The van der Waals surface area contributed by atoms with E-state index in [0.29, 0.717) is 6.42 Å². The number of hydrogen-bond acceptors (Lipinski definition) is 8. The highest BCUT2D eigenvalue weighted by atomic mass is 16.6. The lowest BCUT2D eigenvalue weighted by Gasteiger charge is -2.40. The highest BCUT2D eigenvalue weighted by Gasteiger charge is 2.44. The molecule has 0 aliphatic carbocycles. The van der Waals surface area contributed by atoms with Gasteiger partial charge in [-0.3, -0.25) is 9.59 Å². The van der Waals surface area contributed by atoms with Crippen LogP contribution in [0.25, 0.3) is 0 Å². The zero-order valence-corrected chi connectivity index (χ0v) is 21.2. The minimum Gasteiger partial charge on any atom is -0.478 e. The molecule has 1 rings (SSSR count). The molecule has 10 heteroatoms. The summed E-state index contributed by atoms with van der Waals surface area (Å²) in [6.07, 6.45) is 9.01. The van der Waals surface area contributed by atoms with E-state index >= 15 is 0 Å².